The van der Waals surface area contributed by atoms with Gasteiger partial charge in [0.15, 0.2) is 5.96 Å². The third kappa shape index (κ3) is 8.39. The predicted octanol–water partition coefficient (Wildman–Crippen LogP) is 4.23. The van der Waals surface area contributed by atoms with Gasteiger partial charge in [0.25, 0.3) is 5.91 Å². The van der Waals surface area contributed by atoms with E-state index in [9.17, 15) is 9.59 Å². The van der Waals surface area contributed by atoms with Gasteiger partial charge in [-0.1, -0.05) is 72.8 Å². The number of carbonyl (C=O) groups excluding carboxylic acids is 2. The molecule has 4 aromatic rings. The number of ether oxygens (including phenoxy) is 1. The number of benzene rings is 4. The van der Waals surface area contributed by atoms with Crippen molar-refractivity contribution < 1.29 is 14.3 Å². The second-order valence-corrected chi connectivity index (χ2v) is 11.5. The molecule has 9 nitrogen and oxygen atoms in total. The third-order valence-corrected chi connectivity index (χ3v) is 8.40. The van der Waals surface area contributed by atoms with Gasteiger partial charge in [-0.25, -0.2) is 0 Å². The SMILES string of the molecule is COc1ccc2cc(C(=O)NCC3CCN(CC(c4ccccc4)c4ccccc4)C(=O)C(CCCNC(=N)N)N3)ccc2c1. The molecular weight excluding hydrogens is 564 g/mol. The Morgan fingerprint density at radius 3 is 2.31 bits per heavy atom. The largest absolute Gasteiger partial charge is 0.497 e. The number of fused-ring (bicyclic) bond motifs is 1. The van der Waals surface area contributed by atoms with Gasteiger partial charge in [0, 0.05) is 43.7 Å². The molecule has 1 fully saturated rings. The van der Waals surface area contributed by atoms with Gasteiger partial charge in [-0.2, -0.15) is 0 Å². The van der Waals surface area contributed by atoms with Crippen LogP contribution in [0.1, 0.15) is 46.7 Å². The maximum atomic E-state index is 14.0. The molecule has 2 amide bonds. The lowest BCUT2D eigenvalue weighted by atomic mass is 9.90. The monoisotopic (exact) mass is 606 g/mol. The summed E-state index contributed by atoms with van der Waals surface area (Å²) in [6, 6.07) is 31.5. The Bertz CT molecular complexity index is 1560. The van der Waals surface area contributed by atoms with Crippen molar-refractivity contribution in [1.29, 1.82) is 5.41 Å². The lowest BCUT2D eigenvalue weighted by Crippen LogP contribution is -2.49. The van der Waals surface area contributed by atoms with Crippen molar-refractivity contribution in [1.82, 2.24) is 20.9 Å². The molecule has 0 aliphatic carbocycles. The minimum atomic E-state index is -0.425. The molecule has 1 aliphatic rings. The van der Waals surface area contributed by atoms with Crippen molar-refractivity contribution in [3.63, 3.8) is 0 Å². The maximum Gasteiger partial charge on any atom is 0.251 e. The van der Waals surface area contributed by atoms with Gasteiger partial charge in [-0.15, -0.1) is 0 Å². The number of nitrogens with one attached hydrogen (secondary N) is 4. The summed E-state index contributed by atoms with van der Waals surface area (Å²) >= 11 is 0. The number of nitrogens with zero attached hydrogens (tertiary/aromatic N) is 1. The quantitative estimate of drug-likeness (QED) is 0.0932. The zero-order valence-electron chi connectivity index (χ0n) is 25.7. The Morgan fingerprint density at radius 1 is 0.978 bits per heavy atom. The third-order valence-electron chi connectivity index (χ3n) is 8.40. The fourth-order valence-electron chi connectivity index (χ4n) is 5.96. The second-order valence-electron chi connectivity index (χ2n) is 11.5. The summed E-state index contributed by atoms with van der Waals surface area (Å²) in [6.45, 7) is 2.02. The number of amides is 2. The fraction of sp³-hybridized carbons (Fsp3) is 0.306. The summed E-state index contributed by atoms with van der Waals surface area (Å²) < 4.78 is 5.31. The number of rotatable bonds is 12. The average Bonchev–Trinajstić information content (AvgIpc) is 3.22. The van der Waals surface area contributed by atoms with Crippen molar-refractivity contribution in [2.24, 2.45) is 5.73 Å². The highest BCUT2D eigenvalue weighted by Crippen LogP contribution is 2.27. The van der Waals surface area contributed by atoms with Crippen LogP contribution in [0.5, 0.6) is 5.75 Å². The van der Waals surface area contributed by atoms with E-state index >= 15 is 0 Å². The summed E-state index contributed by atoms with van der Waals surface area (Å²) in [6.07, 6.45) is 1.94. The van der Waals surface area contributed by atoms with E-state index in [4.69, 9.17) is 15.9 Å². The normalized spacial score (nSPS) is 16.8. The van der Waals surface area contributed by atoms with Crippen molar-refractivity contribution in [2.45, 2.75) is 37.3 Å². The van der Waals surface area contributed by atoms with Gasteiger partial charge in [-0.05, 0) is 65.4 Å². The summed E-state index contributed by atoms with van der Waals surface area (Å²) in [5, 5.41) is 18.9. The Labute approximate surface area is 264 Å². The first-order valence-electron chi connectivity index (χ1n) is 15.5. The first-order valence-corrected chi connectivity index (χ1v) is 15.5. The van der Waals surface area contributed by atoms with E-state index in [0.29, 0.717) is 51.0 Å². The Hall–Kier alpha value is -4.89. The minimum absolute atomic E-state index is 0.0282. The van der Waals surface area contributed by atoms with E-state index in [1.807, 2.05) is 77.7 Å². The van der Waals surface area contributed by atoms with Gasteiger partial charge >= 0.3 is 0 Å². The van der Waals surface area contributed by atoms with Crippen LogP contribution in [0.2, 0.25) is 0 Å². The van der Waals surface area contributed by atoms with Crippen LogP contribution in [-0.2, 0) is 4.79 Å². The molecule has 0 bridgehead atoms. The smallest absolute Gasteiger partial charge is 0.251 e. The van der Waals surface area contributed by atoms with Crippen LogP contribution in [0.25, 0.3) is 10.8 Å². The van der Waals surface area contributed by atoms with Crippen LogP contribution in [0, 0.1) is 5.41 Å². The lowest BCUT2D eigenvalue weighted by molar-refractivity contribution is -0.133. The topological polar surface area (TPSA) is 133 Å². The highest BCUT2D eigenvalue weighted by atomic mass is 16.5. The Kier molecular flexibility index (Phi) is 10.7. The number of methoxy groups -OCH3 is 1. The van der Waals surface area contributed by atoms with Crippen LogP contribution in [0.15, 0.2) is 97.1 Å². The number of nitrogens with two attached hydrogens (primary N) is 1. The summed E-state index contributed by atoms with van der Waals surface area (Å²) in [5.74, 6) is 0.610. The molecule has 0 spiro atoms. The maximum absolute atomic E-state index is 14.0. The summed E-state index contributed by atoms with van der Waals surface area (Å²) in [5.41, 5.74) is 8.37. The highest BCUT2D eigenvalue weighted by molar-refractivity contribution is 5.98. The van der Waals surface area contributed by atoms with Gasteiger partial charge in [0.2, 0.25) is 5.91 Å². The molecule has 0 radical (unpaired) electrons. The van der Waals surface area contributed by atoms with E-state index in [2.05, 4.69) is 40.2 Å². The van der Waals surface area contributed by atoms with E-state index in [1.165, 1.54) is 0 Å². The molecule has 4 aromatic carbocycles. The zero-order valence-corrected chi connectivity index (χ0v) is 25.7. The fourth-order valence-corrected chi connectivity index (χ4v) is 5.96. The van der Waals surface area contributed by atoms with E-state index in [-0.39, 0.29) is 29.7 Å². The molecule has 1 aliphatic heterocycles. The first-order chi connectivity index (χ1) is 21.9. The molecule has 2 unspecified atom stereocenters. The van der Waals surface area contributed by atoms with Crippen LogP contribution in [0.4, 0.5) is 0 Å². The number of hydrogen-bond acceptors (Lipinski definition) is 5. The molecule has 9 heteroatoms. The average molecular weight is 607 g/mol. The van der Waals surface area contributed by atoms with E-state index < -0.39 is 6.04 Å². The Morgan fingerprint density at radius 2 is 1.64 bits per heavy atom. The Balaban J connectivity index is 1.30. The van der Waals surface area contributed by atoms with Gasteiger partial charge in [0.05, 0.1) is 13.2 Å². The molecule has 0 aromatic heterocycles. The van der Waals surface area contributed by atoms with Gasteiger partial charge < -0.3 is 31.3 Å². The molecule has 2 atom stereocenters. The minimum Gasteiger partial charge on any atom is -0.497 e. The molecular formula is C36H42N6O3. The van der Waals surface area contributed by atoms with Gasteiger partial charge in [0.1, 0.15) is 5.75 Å². The molecule has 1 heterocycles. The van der Waals surface area contributed by atoms with Crippen LogP contribution < -0.4 is 26.4 Å². The highest BCUT2D eigenvalue weighted by Gasteiger charge is 2.32. The molecule has 1 saturated heterocycles. The van der Waals surface area contributed by atoms with Crippen LogP contribution in [0.3, 0.4) is 0 Å². The van der Waals surface area contributed by atoms with Crippen molar-refractivity contribution in [2.75, 3.05) is 33.3 Å². The van der Waals surface area contributed by atoms with Crippen molar-refractivity contribution >= 4 is 28.5 Å². The van der Waals surface area contributed by atoms with Crippen molar-refractivity contribution in [3.8, 4) is 5.75 Å². The van der Waals surface area contributed by atoms with Crippen LogP contribution in [-0.4, -0.2) is 68.0 Å². The summed E-state index contributed by atoms with van der Waals surface area (Å²) in [4.78, 5) is 29.2. The van der Waals surface area contributed by atoms with Crippen LogP contribution >= 0.6 is 0 Å². The molecule has 45 heavy (non-hydrogen) atoms. The molecule has 6 N–H and O–H groups in total. The lowest BCUT2D eigenvalue weighted by Gasteiger charge is -2.29. The first kappa shape index (κ1) is 31.5. The van der Waals surface area contributed by atoms with Crippen molar-refractivity contribution in [3.05, 3.63) is 114 Å². The number of hydrogen-bond donors (Lipinski definition) is 5. The molecule has 234 valence electrons. The summed E-state index contributed by atoms with van der Waals surface area (Å²) in [7, 11) is 1.63. The molecule has 5 rings (SSSR count). The second kappa shape index (κ2) is 15.2. The van der Waals surface area contributed by atoms with E-state index in [0.717, 1.165) is 27.6 Å². The predicted molar refractivity (Wildman–Crippen MR) is 179 cm³/mol. The standard InChI is InChI=1S/C36H42N6O3/c1-45-31-17-16-27-21-29(15-14-28(27)22-31)34(43)40-23-30-18-20-42(35(44)33(41-30)13-8-19-39-36(37)38)24-32(25-9-4-2-5-10-25)26-11-6-3-7-12-26/h2-7,9-12,14-17,21-22,30,32-33,41H,8,13,18-20,23-24H2,1H3,(H,40,43)(H4,37,38,39). The number of carbonyl (C=O) groups is 2. The zero-order chi connectivity index (χ0) is 31.6. The molecule has 0 saturated carbocycles. The van der Waals surface area contributed by atoms with Gasteiger partial charge in [-0.3, -0.25) is 15.0 Å². The van der Waals surface area contributed by atoms with E-state index in [1.54, 1.807) is 7.11 Å². The number of guanidine groups is 1.